The molecule has 0 aromatic heterocycles. The number of phenols is 1. The van der Waals surface area contributed by atoms with Gasteiger partial charge in [0.1, 0.15) is 5.75 Å². The lowest BCUT2D eigenvalue weighted by atomic mass is 10.1. The molecule has 0 saturated carbocycles. The first-order chi connectivity index (χ1) is 9.90. The van der Waals surface area contributed by atoms with E-state index in [2.05, 4.69) is 5.32 Å². The number of phenolic OH excluding ortho intramolecular Hbond substituents is 1. The summed E-state index contributed by atoms with van der Waals surface area (Å²) >= 11 is 5.95. The summed E-state index contributed by atoms with van der Waals surface area (Å²) in [5.74, 6) is -1.51. The van der Waals surface area contributed by atoms with E-state index in [9.17, 15) is 14.7 Å². The highest BCUT2D eigenvalue weighted by molar-refractivity contribution is 6.34. The van der Waals surface area contributed by atoms with Crippen LogP contribution in [0.15, 0.2) is 36.4 Å². The molecule has 0 aliphatic carbocycles. The second-order valence-electron chi connectivity index (χ2n) is 4.40. The SMILES string of the molecule is Cc1c(O)cccc1C(=O)Nc1ccc(C(=O)O)cc1Cl. The molecule has 3 N–H and O–H groups in total. The molecule has 2 aromatic carbocycles. The Morgan fingerprint density at radius 3 is 2.52 bits per heavy atom. The number of halogens is 1. The maximum Gasteiger partial charge on any atom is 0.335 e. The van der Waals surface area contributed by atoms with Crippen molar-refractivity contribution in [3.8, 4) is 5.75 Å². The standard InChI is InChI=1S/C15H12ClNO4/c1-8-10(3-2-4-13(8)18)14(19)17-12-6-5-9(15(20)21)7-11(12)16/h2-7,18H,1H3,(H,17,19)(H,20,21). The Morgan fingerprint density at radius 2 is 1.90 bits per heavy atom. The molecule has 21 heavy (non-hydrogen) atoms. The van der Waals surface area contributed by atoms with Crippen LogP contribution in [0.1, 0.15) is 26.3 Å². The second-order valence-corrected chi connectivity index (χ2v) is 4.81. The van der Waals surface area contributed by atoms with Gasteiger partial charge >= 0.3 is 5.97 Å². The average Bonchev–Trinajstić information content (AvgIpc) is 2.43. The van der Waals surface area contributed by atoms with E-state index in [0.29, 0.717) is 16.8 Å². The normalized spacial score (nSPS) is 10.2. The van der Waals surface area contributed by atoms with E-state index in [4.69, 9.17) is 16.7 Å². The minimum Gasteiger partial charge on any atom is -0.508 e. The molecule has 5 nitrogen and oxygen atoms in total. The van der Waals surface area contributed by atoms with Crippen molar-refractivity contribution < 1.29 is 19.8 Å². The van der Waals surface area contributed by atoms with Crippen LogP contribution in [0, 0.1) is 6.92 Å². The van der Waals surface area contributed by atoms with Crippen LogP contribution in [-0.2, 0) is 0 Å². The largest absolute Gasteiger partial charge is 0.508 e. The molecule has 0 spiro atoms. The fraction of sp³-hybridized carbons (Fsp3) is 0.0667. The maximum absolute atomic E-state index is 12.2. The summed E-state index contributed by atoms with van der Waals surface area (Å²) in [4.78, 5) is 23.0. The number of carbonyl (C=O) groups excluding carboxylic acids is 1. The van der Waals surface area contributed by atoms with E-state index in [1.807, 2.05) is 0 Å². The highest BCUT2D eigenvalue weighted by atomic mass is 35.5. The monoisotopic (exact) mass is 305 g/mol. The maximum atomic E-state index is 12.2. The molecule has 1 amide bonds. The van der Waals surface area contributed by atoms with Crippen molar-refractivity contribution in [1.82, 2.24) is 0 Å². The lowest BCUT2D eigenvalue weighted by molar-refractivity contribution is 0.0696. The summed E-state index contributed by atoms with van der Waals surface area (Å²) < 4.78 is 0. The van der Waals surface area contributed by atoms with Crippen LogP contribution in [0.2, 0.25) is 5.02 Å². The molecule has 0 saturated heterocycles. The van der Waals surface area contributed by atoms with Gasteiger partial charge in [0.2, 0.25) is 0 Å². The molecular weight excluding hydrogens is 294 g/mol. The van der Waals surface area contributed by atoms with Crippen molar-refractivity contribution in [1.29, 1.82) is 0 Å². The van der Waals surface area contributed by atoms with Gasteiger partial charge in [-0.05, 0) is 37.3 Å². The number of hydrogen-bond acceptors (Lipinski definition) is 3. The van der Waals surface area contributed by atoms with Gasteiger partial charge in [-0.15, -0.1) is 0 Å². The average molecular weight is 306 g/mol. The lowest BCUT2D eigenvalue weighted by Gasteiger charge is -2.10. The summed E-state index contributed by atoms with van der Waals surface area (Å²) in [6.07, 6.45) is 0. The number of benzene rings is 2. The number of amides is 1. The number of anilines is 1. The van der Waals surface area contributed by atoms with Crippen LogP contribution in [0.25, 0.3) is 0 Å². The summed E-state index contributed by atoms with van der Waals surface area (Å²) in [6, 6.07) is 8.65. The zero-order chi connectivity index (χ0) is 15.6. The fourth-order valence-electron chi connectivity index (χ4n) is 1.81. The van der Waals surface area contributed by atoms with Crippen LogP contribution in [0.3, 0.4) is 0 Å². The smallest absolute Gasteiger partial charge is 0.335 e. The van der Waals surface area contributed by atoms with Gasteiger partial charge in [-0.3, -0.25) is 4.79 Å². The van der Waals surface area contributed by atoms with E-state index in [1.165, 1.54) is 24.3 Å². The first-order valence-corrected chi connectivity index (χ1v) is 6.40. The molecule has 0 aliphatic rings. The third-order valence-corrected chi connectivity index (χ3v) is 3.33. The predicted molar refractivity (Wildman–Crippen MR) is 79.2 cm³/mol. The van der Waals surface area contributed by atoms with Crippen molar-refractivity contribution in [3.63, 3.8) is 0 Å². The zero-order valence-corrected chi connectivity index (χ0v) is 11.8. The van der Waals surface area contributed by atoms with Crippen LogP contribution in [0.5, 0.6) is 5.75 Å². The Kier molecular flexibility index (Phi) is 4.14. The number of hydrogen-bond donors (Lipinski definition) is 3. The number of nitrogens with one attached hydrogen (secondary N) is 1. The molecule has 0 bridgehead atoms. The second kappa shape index (κ2) is 5.85. The van der Waals surface area contributed by atoms with Crippen LogP contribution in [-0.4, -0.2) is 22.1 Å². The van der Waals surface area contributed by atoms with E-state index in [0.717, 1.165) is 0 Å². The van der Waals surface area contributed by atoms with E-state index >= 15 is 0 Å². The molecule has 2 rings (SSSR count). The number of rotatable bonds is 3. The molecule has 0 heterocycles. The van der Waals surface area contributed by atoms with Gasteiger partial charge in [0.15, 0.2) is 0 Å². The molecular formula is C15H12ClNO4. The molecule has 0 radical (unpaired) electrons. The minimum absolute atomic E-state index is 0.0231. The van der Waals surface area contributed by atoms with Gasteiger partial charge < -0.3 is 15.5 Å². The van der Waals surface area contributed by atoms with E-state index < -0.39 is 11.9 Å². The zero-order valence-electron chi connectivity index (χ0n) is 11.1. The molecule has 6 heteroatoms. The number of aromatic carboxylic acids is 1. The molecule has 2 aromatic rings. The van der Waals surface area contributed by atoms with Crippen molar-refractivity contribution >= 4 is 29.2 Å². The summed E-state index contributed by atoms with van der Waals surface area (Å²) in [5.41, 5.74) is 1.10. The molecule has 0 unspecified atom stereocenters. The van der Waals surface area contributed by atoms with Gasteiger partial charge in [0.05, 0.1) is 16.3 Å². The predicted octanol–water partition coefficient (Wildman–Crippen LogP) is 3.30. The Bertz CT molecular complexity index is 728. The topological polar surface area (TPSA) is 86.6 Å². The first-order valence-electron chi connectivity index (χ1n) is 6.03. The van der Waals surface area contributed by atoms with Crippen molar-refractivity contribution in [2.45, 2.75) is 6.92 Å². The Labute approximate surface area is 125 Å². The molecule has 0 atom stereocenters. The number of aromatic hydroxyl groups is 1. The number of carboxylic acid groups (broad SMARTS) is 1. The highest BCUT2D eigenvalue weighted by Gasteiger charge is 2.14. The van der Waals surface area contributed by atoms with Crippen LogP contribution in [0.4, 0.5) is 5.69 Å². The minimum atomic E-state index is -1.10. The lowest BCUT2D eigenvalue weighted by Crippen LogP contribution is -2.14. The van der Waals surface area contributed by atoms with E-state index in [-0.39, 0.29) is 16.3 Å². The molecule has 0 aliphatic heterocycles. The quantitative estimate of drug-likeness (QED) is 0.812. The van der Waals surface area contributed by atoms with Gasteiger partial charge in [0, 0.05) is 11.1 Å². The van der Waals surface area contributed by atoms with E-state index in [1.54, 1.807) is 19.1 Å². The fourth-order valence-corrected chi connectivity index (χ4v) is 2.04. The van der Waals surface area contributed by atoms with Crippen LogP contribution >= 0.6 is 11.6 Å². The van der Waals surface area contributed by atoms with Crippen molar-refractivity contribution in [3.05, 3.63) is 58.1 Å². The van der Waals surface area contributed by atoms with Crippen molar-refractivity contribution in [2.24, 2.45) is 0 Å². The third kappa shape index (κ3) is 3.14. The van der Waals surface area contributed by atoms with Crippen molar-refractivity contribution in [2.75, 3.05) is 5.32 Å². The Balaban J connectivity index is 2.28. The van der Waals surface area contributed by atoms with Gasteiger partial charge in [0.25, 0.3) is 5.91 Å². The van der Waals surface area contributed by atoms with Crippen LogP contribution < -0.4 is 5.32 Å². The number of carbonyl (C=O) groups is 2. The summed E-state index contributed by atoms with van der Waals surface area (Å²) in [5, 5.41) is 21.2. The third-order valence-electron chi connectivity index (χ3n) is 3.01. The molecule has 108 valence electrons. The number of carboxylic acids is 1. The van der Waals surface area contributed by atoms with Gasteiger partial charge in [-0.25, -0.2) is 4.79 Å². The first kappa shape index (κ1) is 14.9. The Morgan fingerprint density at radius 1 is 1.19 bits per heavy atom. The summed E-state index contributed by atoms with van der Waals surface area (Å²) in [7, 11) is 0. The van der Waals surface area contributed by atoms with Gasteiger partial charge in [-0.2, -0.15) is 0 Å². The highest BCUT2D eigenvalue weighted by Crippen LogP contribution is 2.25. The Hall–Kier alpha value is -2.53. The molecule has 0 fully saturated rings. The summed E-state index contributed by atoms with van der Waals surface area (Å²) in [6.45, 7) is 1.62. The van der Waals surface area contributed by atoms with Gasteiger partial charge in [-0.1, -0.05) is 17.7 Å².